The Labute approximate surface area is 199 Å². The SMILES string of the molecule is Cc1cccc(-c2sc(C)nc2C(=O)N2CCSC2CNC(=O)c2cccc3cn[nH]c23)c1. The van der Waals surface area contributed by atoms with Crippen molar-refractivity contribution in [3.63, 3.8) is 0 Å². The molecule has 1 atom stereocenters. The number of benzene rings is 2. The number of thiazole rings is 1. The highest BCUT2D eigenvalue weighted by Gasteiger charge is 2.33. The fraction of sp³-hybridized carbons (Fsp3) is 0.250. The molecule has 2 N–H and O–H groups in total. The van der Waals surface area contributed by atoms with Crippen LogP contribution < -0.4 is 5.32 Å². The van der Waals surface area contributed by atoms with Gasteiger partial charge >= 0.3 is 0 Å². The van der Waals surface area contributed by atoms with E-state index in [4.69, 9.17) is 0 Å². The number of nitrogens with one attached hydrogen (secondary N) is 2. The number of hydrogen-bond donors (Lipinski definition) is 2. The molecule has 9 heteroatoms. The lowest BCUT2D eigenvalue weighted by molar-refractivity contribution is 0.0747. The number of H-pyrrole nitrogens is 1. The standard InChI is InChI=1S/C24H23N5O2S2/c1-14-5-3-6-16(11-14)22-21(27-15(2)33-22)24(31)29-9-10-32-19(29)13-25-23(30)18-8-4-7-17-12-26-28-20(17)18/h3-8,11-12,19H,9-10,13H2,1-2H3,(H,25,30)(H,26,28). The highest BCUT2D eigenvalue weighted by Crippen LogP contribution is 2.34. The third-order valence-corrected chi connectivity index (χ3v) is 7.87. The Balaban J connectivity index is 1.34. The van der Waals surface area contributed by atoms with E-state index in [1.807, 2.05) is 49.1 Å². The molecule has 4 aromatic rings. The van der Waals surface area contributed by atoms with Crippen molar-refractivity contribution in [1.29, 1.82) is 0 Å². The van der Waals surface area contributed by atoms with Crippen LogP contribution >= 0.6 is 23.1 Å². The molecule has 2 aromatic heterocycles. The van der Waals surface area contributed by atoms with E-state index in [-0.39, 0.29) is 17.2 Å². The topological polar surface area (TPSA) is 91.0 Å². The van der Waals surface area contributed by atoms with Crippen molar-refractivity contribution in [3.8, 4) is 10.4 Å². The third kappa shape index (κ3) is 4.26. The van der Waals surface area contributed by atoms with Crippen molar-refractivity contribution >= 4 is 45.8 Å². The second-order valence-electron chi connectivity index (χ2n) is 7.95. The zero-order chi connectivity index (χ0) is 22.9. The van der Waals surface area contributed by atoms with Crippen LogP contribution in [0.15, 0.2) is 48.7 Å². The van der Waals surface area contributed by atoms with Gasteiger partial charge in [0, 0.05) is 24.2 Å². The van der Waals surface area contributed by atoms with Crippen LogP contribution in [0.4, 0.5) is 0 Å². The molecule has 0 saturated carbocycles. The Kier molecular flexibility index (Phi) is 5.90. The number of fused-ring (bicyclic) bond motifs is 1. The van der Waals surface area contributed by atoms with Crippen LogP contribution in [0.1, 0.15) is 31.4 Å². The van der Waals surface area contributed by atoms with Gasteiger partial charge in [-0.2, -0.15) is 5.10 Å². The van der Waals surface area contributed by atoms with Crippen molar-refractivity contribution in [2.24, 2.45) is 0 Å². The molecule has 2 amide bonds. The zero-order valence-electron chi connectivity index (χ0n) is 18.3. The first-order chi connectivity index (χ1) is 16.0. The van der Waals surface area contributed by atoms with E-state index in [9.17, 15) is 9.59 Å². The van der Waals surface area contributed by atoms with Gasteiger partial charge in [-0.3, -0.25) is 14.7 Å². The average Bonchev–Trinajstić information content (AvgIpc) is 3.55. The fourth-order valence-electron chi connectivity index (χ4n) is 4.05. The number of carbonyl (C=O) groups is 2. The van der Waals surface area contributed by atoms with E-state index in [0.29, 0.717) is 29.9 Å². The first-order valence-corrected chi connectivity index (χ1v) is 12.5. The maximum atomic E-state index is 13.5. The number of nitrogens with zero attached hydrogens (tertiary/aromatic N) is 3. The van der Waals surface area contributed by atoms with Gasteiger partial charge in [-0.15, -0.1) is 23.1 Å². The van der Waals surface area contributed by atoms with Crippen LogP contribution in [0.3, 0.4) is 0 Å². The molecular weight excluding hydrogens is 454 g/mol. The molecule has 1 aliphatic heterocycles. The molecule has 1 aliphatic rings. The first kappa shape index (κ1) is 21.7. The quantitative estimate of drug-likeness (QED) is 0.448. The van der Waals surface area contributed by atoms with Gasteiger partial charge in [0.25, 0.3) is 11.8 Å². The van der Waals surface area contributed by atoms with Gasteiger partial charge in [-0.25, -0.2) is 4.98 Å². The van der Waals surface area contributed by atoms with Gasteiger partial charge in [-0.1, -0.05) is 42.0 Å². The maximum absolute atomic E-state index is 13.5. The van der Waals surface area contributed by atoms with Crippen LogP contribution in [0.2, 0.25) is 0 Å². The zero-order valence-corrected chi connectivity index (χ0v) is 19.9. The molecular formula is C24H23N5O2S2. The van der Waals surface area contributed by atoms with Crippen LogP contribution in [0.5, 0.6) is 0 Å². The highest BCUT2D eigenvalue weighted by molar-refractivity contribution is 8.00. The summed E-state index contributed by atoms with van der Waals surface area (Å²) in [5, 5.41) is 11.5. The molecule has 0 bridgehead atoms. The molecule has 0 spiro atoms. The predicted molar refractivity (Wildman–Crippen MR) is 133 cm³/mol. The van der Waals surface area contributed by atoms with Gasteiger partial charge < -0.3 is 10.2 Å². The van der Waals surface area contributed by atoms with Gasteiger partial charge in [0.1, 0.15) is 5.69 Å². The number of hydrogen-bond acceptors (Lipinski definition) is 6. The minimum absolute atomic E-state index is 0.0872. The summed E-state index contributed by atoms with van der Waals surface area (Å²) in [7, 11) is 0. The molecule has 33 heavy (non-hydrogen) atoms. The Morgan fingerprint density at radius 2 is 2.06 bits per heavy atom. The maximum Gasteiger partial charge on any atom is 0.274 e. The van der Waals surface area contributed by atoms with Crippen LogP contribution in [0.25, 0.3) is 21.3 Å². The Hall–Kier alpha value is -3.17. The lowest BCUT2D eigenvalue weighted by Gasteiger charge is -2.24. The first-order valence-electron chi connectivity index (χ1n) is 10.7. The minimum Gasteiger partial charge on any atom is -0.349 e. The van der Waals surface area contributed by atoms with E-state index in [2.05, 4.69) is 26.6 Å². The van der Waals surface area contributed by atoms with Gasteiger partial charge in [0.15, 0.2) is 0 Å². The molecule has 7 nitrogen and oxygen atoms in total. The number of para-hydroxylation sites is 1. The van der Waals surface area contributed by atoms with Crippen LogP contribution in [-0.4, -0.2) is 56.1 Å². The molecule has 1 saturated heterocycles. The number of amides is 2. The summed E-state index contributed by atoms with van der Waals surface area (Å²) in [6.07, 6.45) is 1.70. The molecule has 0 aliphatic carbocycles. The summed E-state index contributed by atoms with van der Waals surface area (Å²) in [6.45, 7) is 4.96. The Bertz CT molecular complexity index is 1350. The monoisotopic (exact) mass is 477 g/mol. The predicted octanol–water partition coefficient (Wildman–Crippen LogP) is 4.25. The second-order valence-corrected chi connectivity index (χ2v) is 10.4. The molecule has 1 fully saturated rings. The summed E-state index contributed by atoms with van der Waals surface area (Å²) in [5.41, 5.74) is 3.89. The van der Waals surface area contributed by atoms with Crippen LogP contribution in [-0.2, 0) is 0 Å². The molecule has 3 heterocycles. The second kappa shape index (κ2) is 8.99. The van der Waals surface area contributed by atoms with Crippen molar-refractivity contribution in [2.75, 3.05) is 18.8 Å². The largest absolute Gasteiger partial charge is 0.349 e. The summed E-state index contributed by atoms with van der Waals surface area (Å²) >= 11 is 3.21. The Morgan fingerprint density at radius 1 is 1.21 bits per heavy atom. The number of carbonyl (C=O) groups excluding carboxylic acids is 2. The van der Waals surface area contributed by atoms with E-state index >= 15 is 0 Å². The molecule has 0 radical (unpaired) electrons. The number of thioether (sulfide) groups is 1. The number of aromatic amines is 1. The fourth-order valence-corrected chi connectivity index (χ4v) is 6.11. The Morgan fingerprint density at radius 3 is 2.91 bits per heavy atom. The van der Waals surface area contributed by atoms with Crippen molar-refractivity contribution < 1.29 is 9.59 Å². The van der Waals surface area contributed by atoms with E-state index in [1.165, 1.54) is 11.3 Å². The summed E-state index contributed by atoms with van der Waals surface area (Å²) in [5.74, 6) is 0.552. The van der Waals surface area contributed by atoms with E-state index in [0.717, 1.165) is 32.2 Å². The van der Waals surface area contributed by atoms with Gasteiger partial charge in [0.05, 0.1) is 32.5 Å². The number of rotatable bonds is 5. The number of aryl methyl sites for hydroxylation is 2. The summed E-state index contributed by atoms with van der Waals surface area (Å²) < 4.78 is 0. The normalized spacial score (nSPS) is 15.8. The van der Waals surface area contributed by atoms with E-state index < -0.39 is 0 Å². The lowest BCUT2D eigenvalue weighted by Crippen LogP contribution is -2.42. The third-order valence-electron chi connectivity index (χ3n) is 5.63. The highest BCUT2D eigenvalue weighted by atomic mass is 32.2. The van der Waals surface area contributed by atoms with Crippen molar-refractivity contribution in [1.82, 2.24) is 25.4 Å². The molecule has 5 rings (SSSR count). The smallest absolute Gasteiger partial charge is 0.274 e. The average molecular weight is 478 g/mol. The van der Waals surface area contributed by atoms with Gasteiger partial charge in [0.2, 0.25) is 0 Å². The molecule has 1 unspecified atom stereocenters. The van der Waals surface area contributed by atoms with Gasteiger partial charge in [-0.05, 0) is 25.5 Å². The molecule has 2 aromatic carbocycles. The van der Waals surface area contributed by atoms with Crippen LogP contribution in [0, 0.1) is 13.8 Å². The minimum atomic E-state index is -0.185. The summed E-state index contributed by atoms with van der Waals surface area (Å²) in [6, 6.07) is 13.7. The van der Waals surface area contributed by atoms with Crippen molar-refractivity contribution in [3.05, 3.63) is 70.5 Å². The number of aromatic nitrogens is 3. The van der Waals surface area contributed by atoms with E-state index in [1.54, 1.807) is 24.0 Å². The molecule has 168 valence electrons. The summed E-state index contributed by atoms with van der Waals surface area (Å²) in [4.78, 5) is 33.7. The van der Waals surface area contributed by atoms with Crippen molar-refractivity contribution in [2.45, 2.75) is 19.2 Å². The lowest BCUT2D eigenvalue weighted by atomic mass is 10.1.